The number of carbonyl (C=O) groups is 2. The van der Waals surface area contributed by atoms with Gasteiger partial charge in [0.2, 0.25) is 11.9 Å². The predicted octanol–water partition coefficient (Wildman–Crippen LogP) is 1.01. The van der Waals surface area contributed by atoms with E-state index < -0.39 is 0 Å². The number of nitrogens with zero attached hydrogens (tertiary/aromatic N) is 3. The number of aryl methyl sites for hydroxylation is 1. The van der Waals surface area contributed by atoms with E-state index in [2.05, 4.69) is 25.8 Å². The van der Waals surface area contributed by atoms with Gasteiger partial charge in [-0.2, -0.15) is 5.10 Å². The van der Waals surface area contributed by atoms with Crippen molar-refractivity contribution in [2.75, 3.05) is 10.6 Å². The molecule has 7 nitrogen and oxygen atoms in total. The Labute approximate surface area is 114 Å². The molecular formula is C13H11N5O2. The number of fused-ring (bicyclic) bond motifs is 1. The molecule has 0 atom stereocenters. The van der Waals surface area contributed by atoms with Gasteiger partial charge < -0.3 is 5.32 Å². The quantitative estimate of drug-likeness (QED) is 0.848. The highest BCUT2D eigenvalue weighted by Gasteiger charge is 2.17. The Morgan fingerprint density at radius 3 is 2.95 bits per heavy atom. The summed E-state index contributed by atoms with van der Waals surface area (Å²) in [5, 5.41) is 12.7. The van der Waals surface area contributed by atoms with E-state index in [4.69, 9.17) is 0 Å². The van der Waals surface area contributed by atoms with Crippen LogP contribution in [0.2, 0.25) is 0 Å². The Morgan fingerprint density at radius 1 is 1.25 bits per heavy atom. The van der Waals surface area contributed by atoms with Crippen LogP contribution in [0.1, 0.15) is 22.3 Å². The van der Waals surface area contributed by atoms with E-state index in [-0.39, 0.29) is 17.8 Å². The topological polar surface area (TPSA) is 96.9 Å². The molecule has 0 radical (unpaired) electrons. The second kappa shape index (κ2) is 5.04. The lowest BCUT2D eigenvalue weighted by Gasteiger charge is -2.17. The average molecular weight is 269 g/mol. The molecule has 100 valence electrons. The number of benzene rings is 1. The molecule has 0 saturated heterocycles. The maximum absolute atomic E-state index is 12.1. The molecule has 20 heavy (non-hydrogen) atoms. The summed E-state index contributed by atoms with van der Waals surface area (Å²) >= 11 is 0. The van der Waals surface area contributed by atoms with Crippen molar-refractivity contribution in [3.8, 4) is 0 Å². The molecule has 1 aromatic heterocycles. The van der Waals surface area contributed by atoms with Gasteiger partial charge in [0.25, 0.3) is 5.91 Å². The highest BCUT2D eigenvalue weighted by molar-refractivity contribution is 6.04. The second-order valence-corrected chi connectivity index (χ2v) is 4.34. The number of nitrogens with one attached hydrogen (secondary N) is 2. The molecule has 2 N–H and O–H groups in total. The fourth-order valence-corrected chi connectivity index (χ4v) is 2.00. The van der Waals surface area contributed by atoms with E-state index in [1.54, 1.807) is 18.2 Å². The summed E-state index contributed by atoms with van der Waals surface area (Å²) in [5.74, 6) is -0.153. The molecule has 7 heteroatoms. The molecule has 2 heterocycles. The van der Waals surface area contributed by atoms with Crippen molar-refractivity contribution in [2.24, 2.45) is 0 Å². The SMILES string of the molecule is O=C1CCc2cc(C(=O)Nc3nccnn3)ccc2N1. The number of rotatable bonds is 2. The minimum Gasteiger partial charge on any atom is -0.326 e. The van der Waals surface area contributed by atoms with Gasteiger partial charge in [-0.05, 0) is 30.2 Å². The van der Waals surface area contributed by atoms with Crippen LogP contribution in [0.5, 0.6) is 0 Å². The monoisotopic (exact) mass is 269 g/mol. The highest BCUT2D eigenvalue weighted by Crippen LogP contribution is 2.23. The first kappa shape index (κ1) is 12.2. The summed E-state index contributed by atoms with van der Waals surface area (Å²) < 4.78 is 0. The van der Waals surface area contributed by atoms with Crippen LogP contribution in [0.4, 0.5) is 11.6 Å². The van der Waals surface area contributed by atoms with Crippen LogP contribution >= 0.6 is 0 Å². The first-order chi connectivity index (χ1) is 9.72. The van der Waals surface area contributed by atoms with Crippen LogP contribution in [-0.2, 0) is 11.2 Å². The summed E-state index contributed by atoms with van der Waals surface area (Å²) in [7, 11) is 0. The van der Waals surface area contributed by atoms with E-state index in [1.165, 1.54) is 12.4 Å². The first-order valence-electron chi connectivity index (χ1n) is 6.10. The molecule has 1 aliphatic rings. The number of amides is 2. The zero-order chi connectivity index (χ0) is 13.9. The summed E-state index contributed by atoms with van der Waals surface area (Å²) in [6, 6.07) is 5.14. The normalized spacial score (nSPS) is 13.3. The molecule has 0 aliphatic carbocycles. The van der Waals surface area contributed by atoms with Crippen LogP contribution in [0.15, 0.2) is 30.6 Å². The molecule has 0 saturated carbocycles. The standard InChI is InChI=1S/C13H11N5O2/c19-11-4-2-8-7-9(1-3-10(8)16-11)12(20)17-13-14-5-6-15-18-13/h1,3,5-7H,2,4H2,(H,16,19)(H,14,17,18,20). The molecule has 0 fully saturated rings. The molecule has 2 amide bonds. The van der Waals surface area contributed by atoms with Gasteiger partial charge in [0.15, 0.2) is 0 Å². The summed E-state index contributed by atoms with van der Waals surface area (Å²) in [6.07, 6.45) is 3.94. The summed E-state index contributed by atoms with van der Waals surface area (Å²) in [6.45, 7) is 0. The number of aromatic nitrogens is 3. The van der Waals surface area contributed by atoms with E-state index in [0.717, 1.165) is 11.3 Å². The maximum Gasteiger partial charge on any atom is 0.258 e. The van der Waals surface area contributed by atoms with Crippen molar-refractivity contribution in [1.29, 1.82) is 0 Å². The Balaban J connectivity index is 1.81. The van der Waals surface area contributed by atoms with Crippen LogP contribution in [0.3, 0.4) is 0 Å². The number of hydrogen-bond acceptors (Lipinski definition) is 5. The molecule has 0 spiro atoms. The van der Waals surface area contributed by atoms with Crippen LogP contribution in [0, 0.1) is 0 Å². The minimum absolute atomic E-state index is 0.00142. The predicted molar refractivity (Wildman–Crippen MR) is 71.2 cm³/mol. The average Bonchev–Trinajstić information content (AvgIpc) is 2.47. The van der Waals surface area contributed by atoms with Crippen molar-refractivity contribution in [2.45, 2.75) is 12.8 Å². The van der Waals surface area contributed by atoms with Crippen LogP contribution < -0.4 is 10.6 Å². The van der Waals surface area contributed by atoms with Gasteiger partial charge >= 0.3 is 0 Å². The van der Waals surface area contributed by atoms with Gasteiger partial charge in [-0.1, -0.05) is 0 Å². The molecule has 2 aromatic rings. The molecule has 1 aliphatic heterocycles. The maximum atomic E-state index is 12.1. The van der Waals surface area contributed by atoms with Crippen molar-refractivity contribution in [1.82, 2.24) is 15.2 Å². The zero-order valence-corrected chi connectivity index (χ0v) is 10.5. The van der Waals surface area contributed by atoms with Crippen molar-refractivity contribution in [3.05, 3.63) is 41.7 Å². The van der Waals surface area contributed by atoms with Crippen LogP contribution in [-0.4, -0.2) is 27.0 Å². The van der Waals surface area contributed by atoms with Crippen molar-refractivity contribution in [3.63, 3.8) is 0 Å². The molecule has 1 aromatic carbocycles. The smallest absolute Gasteiger partial charge is 0.258 e. The largest absolute Gasteiger partial charge is 0.326 e. The third-order valence-corrected chi connectivity index (χ3v) is 2.97. The zero-order valence-electron chi connectivity index (χ0n) is 10.5. The first-order valence-corrected chi connectivity index (χ1v) is 6.10. The van der Waals surface area contributed by atoms with Gasteiger partial charge in [0.05, 0.1) is 12.4 Å². The molecule has 0 bridgehead atoms. The third kappa shape index (κ3) is 2.46. The van der Waals surface area contributed by atoms with E-state index in [0.29, 0.717) is 18.4 Å². The fraction of sp³-hybridized carbons (Fsp3) is 0.154. The fourth-order valence-electron chi connectivity index (χ4n) is 2.00. The number of anilines is 2. The van der Waals surface area contributed by atoms with Gasteiger partial charge in [-0.25, -0.2) is 4.98 Å². The number of hydrogen-bond donors (Lipinski definition) is 2. The van der Waals surface area contributed by atoms with E-state index >= 15 is 0 Å². The lowest BCUT2D eigenvalue weighted by molar-refractivity contribution is -0.116. The lowest BCUT2D eigenvalue weighted by Crippen LogP contribution is -2.20. The Hall–Kier alpha value is -2.83. The van der Waals surface area contributed by atoms with E-state index in [9.17, 15) is 9.59 Å². The lowest BCUT2D eigenvalue weighted by atomic mass is 10.0. The second-order valence-electron chi connectivity index (χ2n) is 4.34. The van der Waals surface area contributed by atoms with Gasteiger partial charge in [0.1, 0.15) is 0 Å². The van der Waals surface area contributed by atoms with Gasteiger partial charge in [-0.3, -0.25) is 14.9 Å². The number of carbonyl (C=O) groups excluding carboxylic acids is 2. The van der Waals surface area contributed by atoms with Crippen molar-refractivity contribution < 1.29 is 9.59 Å². The Morgan fingerprint density at radius 2 is 2.15 bits per heavy atom. The van der Waals surface area contributed by atoms with Gasteiger partial charge in [-0.15, -0.1) is 5.10 Å². The van der Waals surface area contributed by atoms with Crippen LogP contribution in [0.25, 0.3) is 0 Å². The Kier molecular flexibility index (Phi) is 3.08. The summed E-state index contributed by atoms with van der Waals surface area (Å²) in [5.41, 5.74) is 2.20. The van der Waals surface area contributed by atoms with Gasteiger partial charge in [0, 0.05) is 17.7 Å². The molecular weight excluding hydrogens is 258 g/mol. The van der Waals surface area contributed by atoms with Crippen molar-refractivity contribution >= 4 is 23.5 Å². The third-order valence-electron chi connectivity index (χ3n) is 2.97. The van der Waals surface area contributed by atoms with E-state index in [1.807, 2.05) is 0 Å². The minimum atomic E-state index is -0.308. The summed E-state index contributed by atoms with van der Waals surface area (Å²) in [4.78, 5) is 27.2. The molecule has 3 rings (SSSR count). The Bertz CT molecular complexity index is 672. The highest BCUT2D eigenvalue weighted by atomic mass is 16.2. The molecule has 0 unspecified atom stereocenters.